The second kappa shape index (κ2) is 13.9. The summed E-state index contributed by atoms with van der Waals surface area (Å²) in [6.45, 7) is 10.8. The maximum absolute atomic E-state index is 13.3. The van der Waals surface area contributed by atoms with Gasteiger partial charge in [0.1, 0.15) is 17.1 Å². The summed E-state index contributed by atoms with van der Waals surface area (Å²) in [6, 6.07) is 18.2. The van der Waals surface area contributed by atoms with Gasteiger partial charge in [-0.3, -0.25) is 9.69 Å². The highest BCUT2D eigenvalue weighted by Gasteiger charge is 2.29. The van der Waals surface area contributed by atoms with Gasteiger partial charge in [-0.15, -0.1) is 0 Å². The lowest BCUT2D eigenvalue weighted by atomic mass is 9.72. The van der Waals surface area contributed by atoms with E-state index in [0.717, 1.165) is 73.9 Å². The number of amides is 1. The summed E-state index contributed by atoms with van der Waals surface area (Å²) in [5.74, 6) is 0.975. The van der Waals surface area contributed by atoms with E-state index in [1.807, 2.05) is 67.7 Å². The zero-order valence-corrected chi connectivity index (χ0v) is 28.2. The van der Waals surface area contributed by atoms with Crippen LogP contribution in [-0.4, -0.2) is 85.6 Å². The van der Waals surface area contributed by atoms with E-state index in [4.69, 9.17) is 16.3 Å². The lowest BCUT2D eigenvalue weighted by Gasteiger charge is -2.39. The molecule has 0 spiro atoms. The number of hydrogen-bond donors (Lipinski definition) is 2. The minimum absolute atomic E-state index is 0.149. The van der Waals surface area contributed by atoms with Crippen molar-refractivity contribution in [3.05, 3.63) is 88.7 Å². The van der Waals surface area contributed by atoms with E-state index < -0.39 is 0 Å². The molecule has 0 bridgehead atoms. The number of halogens is 1. The monoisotopic (exact) mass is 640 g/mol. The maximum Gasteiger partial charge on any atom is 0.255 e. The zero-order valence-electron chi connectivity index (χ0n) is 27.4. The molecule has 0 atom stereocenters. The molecule has 9 heteroatoms. The average molecular weight is 641 g/mol. The Morgan fingerprint density at radius 3 is 2.61 bits per heavy atom. The number of rotatable bonds is 10. The van der Waals surface area contributed by atoms with Crippen molar-refractivity contribution in [1.82, 2.24) is 25.1 Å². The third kappa shape index (κ3) is 7.74. The summed E-state index contributed by atoms with van der Waals surface area (Å²) >= 11 is 6.22. The van der Waals surface area contributed by atoms with Gasteiger partial charge in [-0.1, -0.05) is 43.2 Å². The number of aromatic amines is 1. The number of hydrogen-bond acceptors (Lipinski definition) is 6. The molecule has 1 amide bonds. The third-order valence-electron chi connectivity index (χ3n) is 9.19. The van der Waals surface area contributed by atoms with E-state index in [1.165, 1.54) is 17.6 Å². The minimum Gasteiger partial charge on any atom is -0.455 e. The van der Waals surface area contributed by atoms with Crippen molar-refractivity contribution in [2.24, 2.45) is 5.41 Å². The van der Waals surface area contributed by atoms with E-state index in [2.05, 4.69) is 51.1 Å². The number of allylic oxidation sites excluding steroid dienone is 1. The van der Waals surface area contributed by atoms with Gasteiger partial charge >= 0.3 is 0 Å². The number of pyridine rings is 1. The van der Waals surface area contributed by atoms with Crippen molar-refractivity contribution >= 4 is 39.8 Å². The highest BCUT2D eigenvalue weighted by atomic mass is 35.5. The molecule has 1 aliphatic heterocycles. The molecule has 1 aliphatic carbocycles. The number of nitrogens with zero attached hydrogens (tertiary/aromatic N) is 4. The fraction of sp³-hybridized carbons (Fsp3) is 0.405. The summed E-state index contributed by atoms with van der Waals surface area (Å²) in [6.07, 6.45) is 6.98. The quantitative estimate of drug-likeness (QED) is 0.193. The fourth-order valence-electron chi connectivity index (χ4n) is 6.47. The van der Waals surface area contributed by atoms with E-state index in [0.29, 0.717) is 29.0 Å². The third-order valence-corrected chi connectivity index (χ3v) is 9.44. The first-order chi connectivity index (χ1) is 22.1. The Hall–Kier alpha value is -3.85. The molecular formula is C37H45ClN6O2. The predicted octanol–water partition coefficient (Wildman–Crippen LogP) is 7.09. The van der Waals surface area contributed by atoms with E-state index >= 15 is 0 Å². The molecule has 2 aromatic carbocycles. The molecule has 2 aromatic heterocycles. The standard InChI is InChI=1S/C37H45ClN6O2/c1-37(2)13-11-28(33(23-37)26-5-7-29(38)8-6-26)25-43-17-19-44(20-18-43)30-9-10-32(36(45)40-15-16-42(3)4)34(22-30)46-31-21-27-12-14-39-35(27)41-24-31/h5-10,12,14,21-22,24H,11,13,15-20,23,25H2,1-4H3,(H,39,41)(H,40,45). The van der Waals surface area contributed by atoms with Crippen LogP contribution >= 0.6 is 11.6 Å². The summed E-state index contributed by atoms with van der Waals surface area (Å²) in [5.41, 5.74) is 7.01. The van der Waals surface area contributed by atoms with Gasteiger partial charge in [0.05, 0.1) is 11.8 Å². The van der Waals surface area contributed by atoms with Crippen LogP contribution in [-0.2, 0) is 0 Å². The van der Waals surface area contributed by atoms with Crippen molar-refractivity contribution in [2.45, 2.75) is 33.1 Å². The van der Waals surface area contributed by atoms with Crippen molar-refractivity contribution in [1.29, 1.82) is 0 Å². The van der Waals surface area contributed by atoms with Gasteiger partial charge < -0.3 is 24.8 Å². The summed E-state index contributed by atoms with van der Waals surface area (Å²) in [7, 11) is 3.98. The number of H-pyrrole nitrogens is 1. The Morgan fingerprint density at radius 2 is 1.85 bits per heavy atom. The number of likely N-dealkylation sites (N-methyl/N-ethyl adjacent to an activating group) is 1. The van der Waals surface area contributed by atoms with Gasteiger partial charge in [0, 0.05) is 74.2 Å². The molecule has 2 N–H and O–H groups in total. The largest absolute Gasteiger partial charge is 0.455 e. The van der Waals surface area contributed by atoms with Gasteiger partial charge in [-0.05, 0) is 86.3 Å². The number of piperazine rings is 1. The predicted molar refractivity (Wildman–Crippen MR) is 188 cm³/mol. The van der Waals surface area contributed by atoms with E-state index in [9.17, 15) is 4.79 Å². The lowest BCUT2D eigenvalue weighted by molar-refractivity contribution is 0.0948. The van der Waals surface area contributed by atoms with E-state index in [1.54, 1.807) is 11.8 Å². The SMILES string of the molecule is CN(C)CCNC(=O)c1ccc(N2CCN(CC3=C(c4ccc(Cl)cc4)CC(C)(C)CC3)CC2)cc1Oc1cnc2[nH]ccc2c1. The van der Waals surface area contributed by atoms with Crippen LogP contribution in [0.5, 0.6) is 11.5 Å². The summed E-state index contributed by atoms with van der Waals surface area (Å²) < 4.78 is 6.37. The number of benzene rings is 2. The number of carbonyl (C=O) groups is 1. The first-order valence-electron chi connectivity index (χ1n) is 16.3. The number of nitrogens with one attached hydrogen (secondary N) is 2. The van der Waals surface area contributed by atoms with Gasteiger partial charge in [0.2, 0.25) is 0 Å². The Morgan fingerprint density at radius 1 is 1.07 bits per heavy atom. The van der Waals surface area contributed by atoms with Gasteiger partial charge in [0.15, 0.2) is 0 Å². The first kappa shape index (κ1) is 32.1. The van der Waals surface area contributed by atoms with Crippen LogP contribution < -0.4 is 15.0 Å². The average Bonchev–Trinajstić information content (AvgIpc) is 3.50. The second-order valence-electron chi connectivity index (χ2n) is 13.6. The second-order valence-corrected chi connectivity index (χ2v) is 14.1. The minimum atomic E-state index is -0.149. The topological polar surface area (TPSA) is 76.7 Å². The molecule has 0 unspecified atom stereocenters. The fourth-order valence-corrected chi connectivity index (χ4v) is 6.59. The Bertz CT molecular complexity index is 1700. The summed E-state index contributed by atoms with van der Waals surface area (Å²) in [4.78, 5) is 27.9. The molecule has 0 radical (unpaired) electrons. The number of fused-ring (bicyclic) bond motifs is 1. The molecule has 0 saturated carbocycles. The molecule has 8 nitrogen and oxygen atoms in total. The van der Waals surface area contributed by atoms with Gasteiger partial charge in [-0.25, -0.2) is 4.98 Å². The van der Waals surface area contributed by atoms with Crippen molar-refractivity contribution in [3.8, 4) is 11.5 Å². The van der Waals surface area contributed by atoms with Gasteiger partial charge in [-0.2, -0.15) is 0 Å². The van der Waals surface area contributed by atoms with Crippen LogP contribution in [0.25, 0.3) is 16.6 Å². The Kier molecular flexibility index (Phi) is 9.68. The molecule has 1 fully saturated rings. The Balaban J connectivity index is 1.18. The molecule has 1 saturated heterocycles. The van der Waals surface area contributed by atoms with Crippen LogP contribution in [0, 0.1) is 5.41 Å². The van der Waals surface area contributed by atoms with Crippen LogP contribution in [0.1, 0.15) is 49.0 Å². The lowest BCUT2D eigenvalue weighted by Crippen LogP contribution is -2.47. The molecular weight excluding hydrogens is 596 g/mol. The molecule has 242 valence electrons. The summed E-state index contributed by atoms with van der Waals surface area (Å²) in [5, 5.41) is 4.77. The Labute approximate surface area is 277 Å². The van der Waals surface area contributed by atoms with Crippen molar-refractivity contribution in [2.75, 3.05) is 64.8 Å². The van der Waals surface area contributed by atoms with Gasteiger partial charge in [0.25, 0.3) is 5.91 Å². The maximum atomic E-state index is 13.3. The van der Waals surface area contributed by atoms with Crippen LogP contribution in [0.4, 0.5) is 5.69 Å². The highest BCUT2D eigenvalue weighted by Crippen LogP contribution is 2.43. The normalized spacial score (nSPS) is 17.1. The number of aromatic nitrogens is 2. The molecule has 2 aliphatic rings. The van der Waals surface area contributed by atoms with Crippen LogP contribution in [0.3, 0.4) is 0 Å². The van der Waals surface area contributed by atoms with Crippen LogP contribution in [0.15, 0.2) is 72.6 Å². The number of anilines is 1. The molecule has 3 heterocycles. The molecule has 6 rings (SSSR count). The zero-order chi connectivity index (χ0) is 32.3. The smallest absolute Gasteiger partial charge is 0.255 e. The molecule has 46 heavy (non-hydrogen) atoms. The highest BCUT2D eigenvalue weighted by molar-refractivity contribution is 6.30. The van der Waals surface area contributed by atoms with Crippen molar-refractivity contribution in [3.63, 3.8) is 0 Å². The first-order valence-corrected chi connectivity index (χ1v) is 16.6. The number of ether oxygens (including phenoxy) is 1. The van der Waals surface area contributed by atoms with Crippen LogP contribution in [0.2, 0.25) is 5.02 Å². The van der Waals surface area contributed by atoms with Crippen molar-refractivity contribution < 1.29 is 9.53 Å². The molecule has 4 aromatic rings. The number of carbonyl (C=O) groups excluding carboxylic acids is 1. The van der Waals surface area contributed by atoms with E-state index in [-0.39, 0.29) is 5.91 Å².